The summed E-state index contributed by atoms with van der Waals surface area (Å²) in [7, 11) is 0. The highest BCUT2D eigenvalue weighted by molar-refractivity contribution is 5.97. The number of nitrogens with one attached hydrogen (secondary N) is 1. The van der Waals surface area contributed by atoms with Gasteiger partial charge in [-0.3, -0.25) is 9.59 Å². The summed E-state index contributed by atoms with van der Waals surface area (Å²) in [4.78, 5) is 26.0. The van der Waals surface area contributed by atoms with Gasteiger partial charge in [-0.15, -0.1) is 0 Å². The highest BCUT2D eigenvalue weighted by atomic mass is 16.2. The van der Waals surface area contributed by atoms with Gasteiger partial charge in [0, 0.05) is 36.8 Å². The van der Waals surface area contributed by atoms with Crippen molar-refractivity contribution >= 4 is 17.5 Å². The van der Waals surface area contributed by atoms with E-state index in [2.05, 4.69) is 5.32 Å². The summed E-state index contributed by atoms with van der Waals surface area (Å²) in [6.45, 7) is 3.43. The number of rotatable bonds is 4. The Kier molecular flexibility index (Phi) is 5.33. The Morgan fingerprint density at radius 1 is 1.29 bits per heavy atom. The summed E-state index contributed by atoms with van der Waals surface area (Å²) in [5.74, 6) is -0.0921. The molecular formula is C16H23N3O2. The zero-order valence-corrected chi connectivity index (χ0v) is 12.5. The minimum atomic E-state index is -0.178. The Morgan fingerprint density at radius 2 is 2.00 bits per heavy atom. The Hall–Kier alpha value is -1.88. The van der Waals surface area contributed by atoms with E-state index < -0.39 is 0 Å². The van der Waals surface area contributed by atoms with Crippen molar-refractivity contribution in [2.24, 2.45) is 5.73 Å². The molecule has 2 rings (SSSR count). The van der Waals surface area contributed by atoms with Crippen molar-refractivity contribution in [2.75, 3.05) is 18.4 Å². The van der Waals surface area contributed by atoms with Gasteiger partial charge in [0.1, 0.15) is 0 Å². The number of hydrogen-bond acceptors (Lipinski definition) is 3. The quantitative estimate of drug-likeness (QED) is 0.890. The first-order chi connectivity index (χ1) is 10.1. The lowest BCUT2D eigenvalue weighted by molar-refractivity contribution is -0.116. The second kappa shape index (κ2) is 7.22. The topological polar surface area (TPSA) is 75.4 Å². The third kappa shape index (κ3) is 4.56. The van der Waals surface area contributed by atoms with Crippen LogP contribution in [-0.4, -0.2) is 35.8 Å². The van der Waals surface area contributed by atoms with E-state index in [4.69, 9.17) is 5.73 Å². The summed E-state index contributed by atoms with van der Waals surface area (Å²) in [5, 5.41) is 2.78. The lowest BCUT2D eigenvalue weighted by Crippen LogP contribution is -2.35. The number of hydrogen-bond donors (Lipinski definition) is 2. The van der Waals surface area contributed by atoms with Gasteiger partial charge in [-0.05, 0) is 44.4 Å². The normalized spacial score (nSPS) is 16.4. The fraction of sp³-hybridized carbons (Fsp3) is 0.500. The molecule has 1 fully saturated rings. The number of carbonyl (C=O) groups excluding carboxylic acids is 2. The van der Waals surface area contributed by atoms with Gasteiger partial charge < -0.3 is 16.0 Å². The molecule has 1 saturated heterocycles. The van der Waals surface area contributed by atoms with Gasteiger partial charge in [0.2, 0.25) is 5.91 Å². The molecule has 1 heterocycles. The second-order valence-electron chi connectivity index (χ2n) is 5.66. The molecule has 0 aromatic heterocycles. The van der Waals surface area contributed by atoms with Gasteiger partial charge in [-0.2, -0.15) is 0 Å². The number of carbonyl (C=O) groups is 2. The predicted molar refractivity (Wildman–Crippen MR) is 83.1 cm³/mol. The lowest BCUT2D eigenvalue weighted by Gasteiger charge is -2.26. The maximum atomic E-state index is 12.4. The number of nitrogens with zero attached hydrogens (tertiary/aromatic N) is 1. The van der Waals surface area contributed by atoms with Gasteiger partial charge in [0.25, 0.3) is 5.91 Å². The average molecular weight is 289 g/mol. The van der Waals surface area contributed by atoms with Crippen molar-refractivity contribution in [1.82, 2.24) is 4.90 Å². The molecule has 0 bridgehead atoms. The van der Waals surface area contributed by atoms with Gasteiger partial charge >= 0.3 is 0 Å². The average Bonchev–Trinajstić information content (AvgIpc) is 2.46. The Bertz CT molecular complexity index is 508. The molecule has 1 unspecified atom stereocenters. The van der Waals surface area contributed by atoms with Crippen molar-refractivity contribution in [2.45, 2.75) is 38.6 Å². The van der Waals surface area contributed by atoms with Gasteiger partial charge in [0.05, 0.1) is 0 Å². The molecule has 1 atom stereocenters. The molecule has 21 heavy (non-hydrogen) atoms. The number of amides is 2. The number of piperidine rings is 1. The molecule has 0 aliphatic carbocycles. The molecule has 5 nitrogen and oxygen atoms in total. The summed E-state index contributed by atoms with van der Waals surface area (Å²) < 4.78 is 0. The molecule has 1 aliphatic heterocycles. The third-order valence-electron chi connectivity index (χ3n) is 3.54. The number of likely N-dealkylation sites (tertiary alicyclic amines) is 1. The molecule has 2 amide bonds. The van der Waals surface area contributed by atoms with Crippen LogP contribution in [0.2, 0.25) is 0 Å². The van der Waals surface area contributed by atoms with Crippen LogP contribution in [-0.2, 0) is 4.79 Å². The molecule has 1 aliphatic rings. The molecule has 114 valence electrons. The summed E-state index contributed by atoms with van der Waals surface area (Å²) >= 11 is 0. The monoisotopic (exact) mass is 289 g/mol. The summed E-state index contributed by atoms with van der Waals surface area (Å²) in [6, 6.07) is 6.92. The molecule has 0 saturated carbocycles. The van der Waals surface area contributed by atoms with E-state index in [9.17, 15) is 9.59 Å². The van der Waals surface area contributed by atoms with Crippen LogP contribution in [0, 0.1) is 0 Å². The van der Waals surface area contributed by atoms with E-state index in [0.29, 0.717) is 11.3 Å². The molecule has 1 aromatic rings. The number of benzene rings is 1. The second-order valence-corrected chi connectivity index (χ2v) is 5.66. The smallest absolute Gasteiger partial charge is 0.253 e. The highest BCUT2D eigenvalue weighted by Gasteiger charge is 2.18. The van der Waals surface area contributed by atoms with Gasteiger partial charge in [-0.1, -0.05) is 6.07 Å². The van der Waals surface area contributed by atoms with E-state index in [1.54, 1.807) is 31.2 Å². The summed E-state index contributed by atoms with van der Waals surface area (Å²) in [5.41, 5.74) is 6.86. The van der Waals surface area contributed by atoms with Gasteiger partial charge in [0.15, 0.2) is 0 Å². The predicted octanol–water partition coefficient (Wildman–Crippen LogP) is 1.99. The van der Waals surface area contributed by atoms with Crippen LogP contribution in [0.15, 0.2) is 24.3 Å². The van der Waals surface area contributed by atoms with E-state index in [0.717, 1.165) is 25.9 Å². The molecular weight excluding hydrogens is 266 g/mol. The Labute approximate surface area is 125 Å². The maximum Gasteiger partial charge on any atom is 0.253 e. The first kappa shape index (κ1) is 15.5. The third-order valence-corrected chi connectivity index (χ3v) is 3.54. The van der Waals surface area contributed by atoms with Crippen LogP contribution in [0.5, 0.6) is 0 Å². The standard InChI is InChI=1S/C16H23N3O2/c1-12(17)10-15(20)18-14-7-5-6-13(11-14)16(21)19-8-3-2-4-9-19/h5-7,11-12H,2-4,8-10,17H2,1H3,(H,18,20). The molecule has 0 radical (unpaired) electrons. The molecule has 1 aromatic carbocycles. The fourth-order valence-electron chi connectivity index (χ4n) is 2.51. The van der Waals surface area contributed by atoms with Crippen LogP contribution in [0.3, 0.4) is 0 Å². The Balaban J connectivity index is 2.03. The minimum absolute atomic E-state index is 0.0398. The number of anilines is 1. The van der Waals surface area contributed by atoms with E-state index in [-0.39, 0.29) is 24.3 Å². The van der Waals surface area contributed by atoms with Crippen molar-refractivity contribution in [3.63, 3.8) is 0 Å². The van der Waals surface area contributed by atoms with Crippen molar-refractivity contribution < 1.29 is 9.59 Å². The van der Waals surface area contributed by atoms with Crippen molar-refractivity contribution in [3.05, 3.63) is 29.8 Å². The van der Waals surface area contributed by atoms with Crippen molar-refractivity contribution in [1.29, 1.82) is 0 Å². The molecule has 3 N–H and O–H groups in total. The maximum absolute atomic E-state index is 12.4. The SMILES string of the molecule is CC(N)CC(=O)Nc1cccc(C(=O)N2CCCCC2)c1. The van der Waals surface area contributed by atoms with Crippen LogP contribution in [0.25, 0.3) is 0 Å². The van der Waals surface area contributed by atoms with Crippen LogP contribution >= 0.6 is 0 Å². The fourth-order valence-corrected chi connectivity index (χ4v) is 2.51. The van der Waals surface area contributed by atoms with E-state index >= 15 is 0 Å². The minimum Gasteiger partial charge on any atom is -0.339 e. The molecule has 0 spiro atoms. The van der Waals surface area contributed by atoms with Crippen molar-refractivity contribution in [3.8, 4) is 0 Å². The number of nitrogens with two attached hydrogens (primary N) is 1. The van der Waals surface area contributed by atoms with E-state index in [1.165, 1.54) is 6.42 Å². The Morgan fingerprint density at radius 3 is 2.67 bits per heavy atom. The highest BCUT2D eigenvalue weighted by Crippen LogP contribution is 2.16. The summed E-state index contributed by atoms with van der Waals surface area (Å²) in [6.07, 6.45) is 3.59. The first-order valence-electron chi connectivity index (χ1n) is 7.51. The zero-order chi connectivity index (χ0) is 15.2. The zero-order valence-electron chi connectivity index (χ0n) is 12.5. The molecule has 5 heteroatoms. The lowest BCUT2D eigenvalue weighted by atomic mass is 10.1. The largest absolute Gasteiger partial charge is 0.339 e. The van der Waals surface area contributed by atoms with Crippen LogP contribution in [0.1, 0.15) is 43.0 Å². The van der Waals surface area contributed by atoms with Crippen LogP contribution < -0.4 is 11.1 Å². The van der Waals surface area contributed by atoms with E-state index in [1.807, 2.05) is 4.90 Å². The van der Waals surface area contributed by atoms with Crippen LogP contribution in [0.4, 0.5) is 5.69 Å². The first-order valence-corrected chi connectivity index (χ1v) is 7.51. The van der Waals surface area contributed by atoms with Gasteiger partial charge in [-0.25, -0.2) is 0 Å².